The summed E-state index contributed by atoms with van der Waals surface area (Å²) in [6.07, 6.45) is 2.92. The highest BCUT2D eigenvalue weighted by atomic mass is 16.5. The number of carbonyl (C=O) groups excluding carboxylic acids is 2. The number of aliphatic imine (C=N–C) groups is 1. The quantitative estimate of drug-likeness (QED) is 0.785. The third-order valence-corrected chi connectivity index (χ3v) is 4.58. The highest BCUT2D eigenvalue weighted by molar-refractivity contribution is 6.19. The van der Waals surface area contributed by atoms with E-state index in [0.29, 0.717) is 18.6 Å². The Kier molecular flexibility index (Phi) is 4.13. The van der Waals surface area contributed by atoms with Gasteiger partial charge in [0.25, 0.3) is 0 Å². The molecule has 0 saturated carbocycles. The summed E-state index contributed by atoms with van der Waals surface area (Å²) in [6.45, 7) is 0.115. The SMILES string of the molecule is CN1C(=O)CN=C(c2ccccc2)c2cc(/C=C3/CCC(=O)O3)ccc21. The van der Waals surface area contributed by atoms with E-state index in [0.717, 1.165) is 28.1 Å². The van der Waals surface area contributed by atoms with Gasteiger partial charge in [0.2, 0.25) is 5.91 Å². The van der Waals surface area contributed by atoms with Crippen molar-refractivity contribution in [2.24, 2.45) is 4.99 Å². The molecule has 2 aromatic rings. The molecule has 2 aliphatic rings. The number of carbonyl (C=O) groups is 2. The van der Waals surface area contributed by atoms with Crippen molar-refractivity contribution in [2.45, 2.75) is 12.8 Å². The molecule has 1 fully saturated rings. The highest BCUT2D eigenvalue weighted by Gasteiger charge is 2.23. The number of benzene rings is 2. The van der Waals surface area contributed by atoms with Crippen LogP contribution in [0.5, 0.6) is 0 Å². The smallest absolute Gasteiger partial charge is 0.311 e. The van der Waals surface area contributed by atoms with Gasteiger partial charge in [-0.1, -0.05) is 36.4 Å². The standard InChI is InChI=1S/C21H18N2O3/c1-23-18-9-7-14(11-16-8-10-20(25)26-16)12-17(18)21(22-13-19(23)24)15-5-3-2-4-6-15/h2-7,9,11-12H,8,10,13H2,1H3/b16-11-. The molecule has 1 amide bonds. The van der Waals surface area contributed by atoms with Crippen molar-refractivity contribution >= 4 is 29.4 Å². The van der Waals surface area contributed by atoms with Gasteiger partial charge in [-0.3, -0.25) is 14.6 Å². The van der Waals surface area contributed by atoms with Gasteiger partial charge in [0, 0.05) is 24.6 Å². The number of cyclic esters (lactones) is 1. The normalized spacial score (nSPS) is 18.4. The number of hydrogen-bond donors (Lipinski definition) is 0. The predicted molar refractivity (Wildman–Crippen MR) is 100 cm³/mol. The van der Waals surface area contributed by atoms with Gasteiger partial charge >= 0.3 is 5.97 Å². The van der Waals surface area contributed by atoms with Crippen LogP contribution in [-0.4, -0.2) is 31.2 Å². The Morgan fingerprint density at radius 2 is 1.88 bits per heavy atom. The number of nitrogens with zero attached hydrogens (tertiary/aromatic N) is 2. The van der Waals surface area contributed by atoms with Crippen LogP contribution in [0.25, 0.3) is 6.08 Å². The van der Waals surface area contributed by atoms with Crippen LogP contribution in [0.15, 0.2) is 59.3 Å². The van der Waals surface area contributed by atoms with E-state index in [4.69, 9.17) is 4.74 Å². The summed E-state index contributed by atoms with van der Waals surface area (Å²) < 4.78 is 5.21. The van der Waals surface area contributed by atoms with Crippen molar-refractivity contribution in [3.63, 3.8) is 0 Å². The van der Waals surface area contributed by atoms with Crippen molar-refractivity contribution in [1.29, 1.82) is 0 Å². The Morgan fingerprint density at radius 3 is 2.62 bits per heavy atom. The van der Waals surface area contributed by atoms with Gasteiger partial charge in [-0.05, 0) is 23.8 Å². The third-order valence-electron chi connectivity index (χ3n) is 4.58. The number of ether oxygens (including phenoxy) is 1. The minimum absolute atomic E-state index is 0.0481. The van der Waals surface area contributed by atoms with E-state index in [2.05, 4.69) is 4.99 Å². The van der Waals surface area contributed by atoms with Gasteiger partial charge in [-0.15, -0.1) is 0 Å². The number of hydrogen-bond acceptors (Lipinski definition) is 4. The van der Waals surface area contributed by atoms with Crippen LogP contribution in [0.4, 0.5) is 5.69 Å². The zero-order valence-corrected chi connectivity index (χ0v) is 14.4. The van der Waals surface area contributed by atoms with E-state index < -0.39 is 0 Å². The third kappa shape index (κ3) is 3.04. The molecule has 0 radical (unpaired) electrons. The second-order valence-electron chi connectivity index (χ2n) is 6.34. The lowest BCUT2D eigenvalue weighted by atomic mass is 9.98. The molecule has 5 heteroatoms. The number of esters is 1. The summed E-state index contributed by atoms with van der Waals surface area (Å²) in [5.41, 5.74) is 4.39. The summed E-state index contributed by atoms with van der Waals surface area (Å²) in [4.78, 5) is 29.8. The van der Waals surface area contributed by atoms with Gasteiger partial charge in [-0.25, -0.2) is 0 Å². The fourth-order valence-electron chi connectivity index (χ4n) is 3.20. The maximum atomic E-state index is 12.3. The summed E-state index contributed by atoms with van der Waals surface area (Å²) in [7, 11) is 1.77. The molecule has 1 saturated heterocycles. The Bertz CT molecular complexity index is 945. The zero-order valence-electron chi connectivity index (χ0n) is 14.4. The molecule has 0 aromatic heterocycles. The summed E-state index contributed by atoms with van der Waals surface area (Å²) >= 11 is 0. The first-order valence-electron chi connectivity index (χ1n) is 8.54. The molecule has 0 atom stereocenters. The van der Waals surface area contributed by atoms with E-state index in [1.54, 1.807) is 11.9 Å². The van der Waals surface area contributed by atoms with Crippen LogP contribution in [0.2, 0.25) is 0 Å². The molecule has 2 aromatic carbocycles. The minimum Gasteiger partial charge on any atom is -0.431 e. The van der Waals surface area contributed by atoms with Crippen molar-refractivity contribution in [2.75, 3.05) is 18.5 Å². The van der Waals surface area contributed by atoms with Crippen molar-refractivity contribution in [3.05, 3.63) is 71.0 Å². The molecule has 0 unspecified atom stereocenters. The van der Waals surface area contributed by atoms with Gasteiger partial charge < -0.3 is 9.64 Å². The van der Waals surface area contributed by atoms with E-state index in [9.17, 15) is 9.59 Å². The van der Waals surface area contributed by atoms with E-state index in [-0.39, 0.29) is 18.4 Å². The molecule has 5 nitrogen and oxygen atoms in total. The minimum atomic E-state index is -0.192. The monoisotopic (exact) mass is 346 g/mol. The maximum absolute atomic E-state index is 12.3. The number of benzodiazepines with no additional fused rings is 1. The lowest BCUT2D eigenvalue weighted by Crippen LogP contribution is -2.27. The highest BCUT2D eigenvalue weighted by Crippen LogP contribution is 2.29. The molecule has 0 spiro atoms. The molecule has 26 heavy (non-hydrogen) atoms. The number of rotatable bonds is 2. The van der Waals surface area contributed by atoms with Crippen molar-refractivity contribution in [1.82, 2.24) is 0 Å². The fraction of sp³-hybridized carbons (Fsp3) is 0.190. The largest absolute Gasteiger partial charge is 0.431 e. The van der Waals surface area contributed by atoms with Crippen molar-refractivity contribution in [3.8, 4) is 0 Å². The average Bonchev–Trinajstić information content (AvgIpc) is 3.01. The second-order valence-corrected chi connectivity index (χ2v) is 6.34. The molecule has 0 aliphatic carbocycles. The van der Waals surface area contributed by atoms with E-state index in [1.165, 1.54) is 0 Å². The molecule has 2 aliphatic heterocycles. The maximum Gasteiger partial charge on any atom is 0.311 e. The number of allylic oxidation sites excluding steroid dienone is 1. The molecule has 2 heterocycles. The molecular formula is C21H18N2O3. The van der Waals surface area contributed by atoms with Crippen LogP contribution < -0.4 is 4.90 Å². The predicted octanol–water partition coefficient (Wildman–Crippen LogP) is 3.18. The molecule has 0 bridgehead atoms. The number of fused-ring (bicyclic) bond motifs is 1. The lowest BCUT2D eigenvalue weighted by Gasteiger charge is -2.18. The van der Waals surface area contributed by atoms with E-state index in [1.807, 2.05) is 54.6 Å². The Labute approximate surface area is 151 Å². The molecular weight excluding hydrogens is 328 g/mol. The first kappa shape index (κ1) is 16.3. The zero-order chi connectivity index (χ0) is 18.1. The Hall–Kier alpha value is -3.21. The van der Waals surface area contributed by atoms with Crippen LogP contribution in [0.3, 0.4) is 0 Å². The second kappa shape index (κ2) is 6.59. The first-order chi connectivity index (χ1) is 12.6. The summed E-state index contributed by atoms with van der Waals surface area (Å²) in [6, 6.07) is 15.7. The molecule has 0 N–H and O–H groups in total. The van der Waals surface area contributed by atoms with Crippen molar-refractivity contribution < 1.29 is 14.3 Å². The number of likely N-dealkylation sites (N-methyl/N-ethyl adjacent to an activating group) is 1. The topological polar surface area (TPSA) is 59.0 Å². The van der Waals surface area contributed by atoms with Gasteiger partial charge in [0.15, 0.2) is 0 Å². The lowest BCUT2D eigenvalue weighted by molar-refractivity contribution is -0.135. The summed E-state index contributed by atoms with van der Waals surface area (Å²) in [5.74, 6) is 0.432. The van der Waals surface area contributed by atoms with Gasteiger partial charge in [-0.2, -0.15) is 0 Å². The Balaban J connectivity index is 1.82. The first-order valence-corrected chi connectivity index (χ1v) is 8.54. The molecule has 4 rings (SSSR count). The number of amides is 1. The van der Waals surface area contributed by atoms with Crippen LogP contribution >= 0.6 is 0 Å². The average molecular weight is 346 g/mol. The van der Waals surface area contributed by atoms with Gasteiger partial charge in [0.1, 0.15) is 12.3 Å². The van der Waals surface area contributed by atoms with Crippen LogP contribution in [-0.2, 0) is 14.3 Å². The van der Waals surface area contributed by atoms with Crippen LogP contribution in [0, 0.1) is 0 Å². The Morgan fingerprint density at radius 1 is 1.08 bits per heavy atom. The fourth-order valence-corrected chi connectivity index (χ4v) is 3.20. The van der Waals surface area contributed by atoms with Gasteiger partial charge in [0.05, 0.1) is 17.8 Å². The molecule has 130 valence electrons. The summed E-state index contributed by atoms with van der Waals surface area (Å²) in [5, 5.41) is 0. The van der Waals surface area contributed by atoms with E-state index >= 15 is 0 Å². The number of anilines is 1. The van der Waals surface area contributed by atoms with Crippen LogP contribution in [0.1, 0.15) is 29.5 Å².